The van der Waals surface area contributed by atoms with Gasteiger partial charge in [-0.25, -0.2) is 17.6 Å². The average molecular weight is 410 g/mol. The molecule has 0 unspecified atom stereocenters. The minimum Gasteiger partial charge on any atom is -0.452 e. The molecule has 10 heteroatoms. The third-order valence-electron chi connectivity index (χ3n) is 3.75. The molecule has 150 valence electrons. The summed E-state index contributed by atoms with van der Waals surface area (Å²) in [6.45, 7) is -0.595. The zero-order chi connectivity index (χ0) is 20.7. The number of benzene rings is 2. The highest BCUT2D eigenvalue weighted by atomic mass is 32.2. The van der Waals surface area contributed by atoms with Crippen LogP contribution in [0.3, 0.4) is 0 Å². The van der Waals surface area contributed by atoms with Crippen molar-refractivity contribution in [2.24, 2.45) is 0 Å². The molecule has 0 spiro atoms. The summed E-state index contributed by atoms with van der Waals surface area (Å²) in [4.78, 5) is 28.3. The molecular formula is C18H19FN2O6S. The molecule has 1 amide bonds. The standard InChI is InChI=1S/C18H19FN2O6S/c1-21(26-2)28(24,25)15-9-7-13(8-10-15)18(23)27-12-17(22)20-11-14-5-3-4-6-16(14)19/h3-10H,11-12H2,1-2H3,(H,20,22). The molecule has 0 aliphatic rings. The Kier molecular flexibility index (Phi) is 7.21. The number of amides is 1. The summed E-state index contributed by atoms with van der Waals surface area (Å²) in [5, 5.41) is 2.44. The summed E-state index contributed by atoms with van der Waals surface area (Å²) >= 11 is 0. The fourth-order valence-corrected chi connectivity index (χ4v) is 3.08. The van der Waals surface area contributed by atoms with Gasteiger partial charge in [0.1, 0.15) is 5.82 Å². The maximum Gasteiger partial charge on any atom is 0.338 e. The first kappa shape index (κ1) is 21.5. The Morgan fingerprint density at radius 1 is 1.11 bits per heavy atom. The van der Waals surface area contributed by atoms with Gasteiger partial charge in [0.25, 0.3) is 15.9 Å². The number of nitrogens with one attached hydrogen (secondary N) is 1. The van der Waals surface area contributed by atoms with E-state index in [2.05, 4.69) is 10.2 Å². The van der Waals surface area contributed by atoms with E-state index in [0.29, 0.717) is 10.0 Å². The number of sulfonamides is 1. The smallest absolute Gasteiger partial charge is 0.338 e. The number of esters is 1. The number of hydroxylamine groups is 1. The molecule has 0 aromatic heterocycles. The second kappa shape index (κ2) is 9.40. The number of hydrogen-bond acceptors (Lipinski definition) is 6. The van der Waals surface area contributed by atoms with E-state index in [1.54, 1.807) is 6.07 Å². The predicted octanol–water partition coefficient (Wildman–Crippen LogP) is 1.48. The number of carbonyl (C=O) groups excluding carboxylic acids is 2. The monoisotopic (exact) mass is 410 g/mol. The highest BCUT2D eigenvalue weighted by Crippen LogP contribution is 2.15. The van der Waals surface area contributed by atoms with E-state index in [1.807, 2.05) is 0 Å². The summed E-state index contributed by atoms with van der Waals surface area (Å²) < 4.78 is 43.2. The van der Waals surface area contributed by atoms with Gasteiger partial charge in [-0.3, -0.25) is 9.63 Å². The van der Waals surface area contributed by atoms with Crippen molar-refractivity contribution in [2.75, 3.05) is 20.8 Å². The molecule has 0 fully saturated rings. The molecule has 0 saturated carbocycles. The fraction of sp³-hybridized carbons (Fsp3) is 0.222. The van der Waals surface area contributed by atoms with Crippen molar-refractivity contribution < 1.29 is 32.0 Å². The van der Waals surface area contributed by atoms with Crippen molar-refractivity contribution in [1.82, 2.24) is 9.79 Å². The largest absolute Gasteiger partial charge is 0.452 e. The normalized spacial score (nSPS) is 11.3. The van der Waals surface area contributed by atoms with Gasteiger partial charge in [0.05, 0.1) is 17.6 Å². The Morgan fingerprint density at radius 3 is 2.36 bits per heavy atom. The van der Waals surface area contributed by atoms with Gasteiger partial charge in [-0.2, -0.15) is 0 Å². The topological polar surface area (TPSA) is 102 Å². The van der Waals surface area contributed by atoms with Crippen LogP contribution in [0.1, 0.15) is 15.9 Å². The van der Waals surface area contributed by atoms with Gasteiger partial charge in [0.2, 0.25) is 0 Å². The molecule has 28 heavy (non-hydrogen) atoms. The van der Waals surface area contributed by atoms with Gasteiger partial charge in [-0.15, -0.1) is 0 Å². The van der Waals surface area contributed by atoms with Gasteiger partial charge in [0.15, 0.2) is 6.61 Å². The van der Waals surface area contributed by atoms with Crippen LogP contribution in [0.15, 0.2) is 53.4 Å². The summed E-state index contributed by atoms with van der Waals surface area (Å²) in [6.07, 6.45) is 0. The van der Waals surface area contributed by atoms with Crippen LogP contribution in [0.4, 0.5) is 4.39 Å². The second-order valence-corrected chi connectivity index (χ2v) is 7.50. The summed E-state index contributed by atoms with van der Waals surface area (Å²) in [7, 11) is -1.39. The third-order valence-corrected chi connectivity index (χ3v) is 5.45. The summed E-state index contributed by atoms with van der Waals surface area (Å²) in [5.74, 6) is -1.85. The number of carbonyl (C=O) groups is 2. The van der Waals surface area contributed by atoms with Gasteiger partial charge in [-0.05, 0) is 30.3 Å². The van der Waals surface area contributed by atoms with Crippen LogP contribution in [0.25, 0.3) is 0 Å². The molecule has 0 saturated heterocycles. The molecule has 0 heterocycles. The molecule has 0 atom stereocenters. The lowest BCUT2D eigenvalue weighted by Crippen LogP contribution is -2.28. The summed E-state index contributed by atoms with van der Waals surface area (Å²) in [6, 6.07) is 10.9. The number of nitrogens with zero attached hydrogens (tertiary/aromatic N) is 1. The maximum atomic E-state index is 13.5. The van der Waals surface area contributed by atoms with Crippen LogP contribution in [-0.4, -0.2) is 45.5 Å². The van der Waals surface area contributed by atoms with Gasteiger partial charge in [-0.1, -0.05) is 22.7 Å². The van der Waals surface area contributed by atoms with Crippen molar-refractivity contribution in [3.05, 3.63) is 65.5 Å². The number of rotatable bonds is 8. The Balaban J connectivity index is 1.89. The molecule has 0 radical (unpaired) electrons. The minimum atomic E-state index is -3.83. The van der Waals surface area contributed by atoms with Crippen LogP contribution in [0, 0.1) is 5.82 Å². The molecular weight excluding hydrogens is 391 g/mol. The number of halogens is 1. The number of hydrogen-bond donors (Lipinski definition) is 1. The average Bonchev–Trinajstić information content (AvgIpc) is 2.70. The van der Waals surface area contributed by atoms with E-state index in [1.165, 1.54) is 56.6 Å². The molecule has 2 rings (SSSR count). The molecule has 2 aromatic carbocycles. The molecule has 0 bridgehead atoms. The van der Waals surface area contributed by atoms with Crippen LogP contribution in [-0.2, 0) is 30.9 Å². The first-order chi connectivity index (χ1) is 13.3. The lowest BCUT2D eigenvalue weighted by Gasteiger charge is -2.14. The SMILES string of the molecule is CON(C)S(=O)(=O)c1ccc(C(=O)OCC(=O)NCc2ccccc2F)cc1. The van der Waals surface area contributed by atoms with Crippen molar-refractivity contribution >= 4 is 21.9 Å². The molecule has 0 aliphatic carbocycles. The zero-order valence-corrected chi connectivity index (χ0v) is 16.0. The van der Waals surface area contributed by atoms with E-state index in [0.717, 1.165) is 0 Å². The van der Waals surface area contributed by atoms with E-state index < -0.39 is 34.3 Å². The molecule has 1 N–H and O–H groups in total. The van der Waals surface area contributed by atoms with E-state index in [9.17, 15) is 22.4 Å². The Morgan fingerprint density at radius 2 is 1.75 bits per heavy atom. The van der Waals surface area contributed by atoms with Crippen molar-refractivity contribution in [2.45, 2.75) is 11.4 Å². The van der Waals surface area contributed by atoms with E-state index >= 15 is 0 Å². The predicted molar refractivity (Wildman–Crippen MR) is 96.9 cm³/mol. The molecule has 8 nitrogen and oxygen atoms in total. The molecule has 2 aromatic rings. The van der Waals surface area contributed by atoms with Gasteiger partial charge >= 0.3 is 5.97 Å². The maximum absolute atomic E-state index is 13.5. The van der Waals surface area contributed by atoms with Crippen LogP contribution < -0.4 is 5.32 Å². The zero-order valence-electron chi connectivity index (χ0n) is 15.2. The van der Waals surface area contributed by atoms with Crippen molar-refractivity contribution in [3.63, 3.8) is 0 Å². The first-order valence-electron chi connectivity index (χ1n) is 8.06. The highest BCUT2D eigenvalue weighted by Gasteiger charge is 2.21. The lowest BCUT2D eigenvalue weighted by atomic mass is 10.2. The minimum absolute atomic E-state index is 0.0391. The Bertz CT molecular complexity index is 947. The van der Waals surface area contributed by atoms with Gasteiger partial charge < -0.3 is 10.1 Å². The number of ether oxygens (including phenoxy) is 1. The van der Waals surface area contributed by atoms with Crippen LogP contribution in [0.2, 0.25) is 0 Å². The van der Waals surface area contributed by atoms with E-state index in [4.69, 9.17) is 4.74 Å². The Hall–Kier alpha value is -2.82. The third kappa shape index (κ3) is 5.35. The highest BCUT2D eigenvalue weighted by molar-refractivity contribution is 7.89. The first-order valence-corrected chi connectivity index (χ1v) is 9.50. The van der Waals surface area contributed by atoms with Crippen molar-refractivity contribution in [1.29, 1.82) is 0 Å². The fourth-order valence-electron chi connectivity index (χ4n) is 2.11. The van der Waals surface area contributed by atoms with Crippen LogP contribution in [0.5, 0.6) is 0 Å². The van der Waals surface area contributed by atoms with Crippen LogP contribution >= 0.6 is 0 Å². The lowest BCUT2D eigenvalue weighted by molar-refractivity contribution is -0.124. The summed E-state index contributed by atoms with van der Waals surface area (Å²) in [5.41, 5.74) is 0.376. The quantitative estimate of drug-likeness (QED) is 0.523. The van der Waals surface area contributed by atoms with Gasteiger partial charge in [0, 0.05) is 19.2 Å². The second-order valence-electron chi connectivity index (χ2n) is 5.57. The Labute approximate surface area is 161 Å². The van der Waals surface area contributed by atoms with E-state index in [-0.39, 0.29) is 17.0 Å². The molecule has 0 aliphatic heterocycles. The van der Waals surface area contributed by atoms with Crippen molar-refractivity contribution in [3.8, 4) is 0 Å².